The third-order valence-corrected chi connectivity index (χ3v) is 7.07. The van der Waals surface area contributed by atoms with Crippen LogP contribution in [0.4, 0.5) is 4.39 Å². The van der Waals surface area contributed by atoms with Crippen LogP contribution in [0.15, 0.2) is 52.1 Å². The largest absolute Gasteiger partial charge is 0.374 e. The Morgan fingerprint density at radius 3 is 2.80 bits per heavy atom. The number of hydrogen-bond acceptors (Lipinski definition) is 7. The van der Waals surface area contributed by atoms with E-state index in [4.69, 9.17) is 21.3 Å². The Kier molecular flexibility index (Phi) is 6.79. The van der Waals surface area contributed by atoms with E-state index in [1.807, 2.05) is 18.7 Å². The highest BCUT2D eigenvalue weighted by Gasteiger charge is 2.50. The van der Waals surface area contributed by atoms with Crippen molar-refractivity contribution in [2.75, 3.05) is 26.5 Å². The van der Waals surface area contributed by atoms with Gasteiger partial charge in [0, 0.05) is 54.0 Å². The minimum atomic E-state index is -0.294. The number of thiazole rings is 1. The fraction of sp³-hybridized carbons (Fsp3) is 0.429. The lowest BCUT2D eigenvalue weighted by atomic mass is 10.0. The molecule has 1 saturated carbocycles. The monoisotopic (exact) mass is 466 g/mol. The van der Waals surface area contributed by atoms with Gasteiger partial charge in [-0.05, 0) is 37.3 Å². The van der Waals surface area contributed by atoms with Crippen LogP contribution in [0, 0.1) is 5.82 Å². The molecule has 0 amide bonds. The maximum absolute atomic E-state index is 12.1. The Labute approximate surface area is 189 Å². The third-order valence-electron chi connectivity index (χ3n) is 5.50. The van der Waals surface area contributed by atoms with E-state index in [1.54, 1.807) is 35.4 Å². The Hall–Kier alpha value is -1.45. The SMILES string of the molecule is COC1(C2=C3CC(NSC)CN3C(c3nccs3)=NC2)CC1.Fc1cccc(Cl)c1. The standard InChI is InChI=1S/C15H20N4OS2.C6H4ClF/c1-20-15(3-4-15)11-8-17-13(14-16-5-6-22-14)19-9-10(18-21-2)7-12(11)19;7-5-2-1-3-6(8)4-5/h5-6,10,18H,3-4,7-9H2,1-2H3;1-4H. The van der Waals surface area contributed by atoms with Gasteiger partial charge in [0.25, 0.3) is 0 Å². The molecule has 3 aliphatic rings. The first-order valence-electron chi connectivity index (χ1n) is 9.75. The summed E-state index contributed by atoms with van der Waals surface area (Å²) in [7, 11) is 1.83. The first kappa shape index (κ1) is 21.8. The summed E-state index contributed by atoms with van der Waals surface area (Å²) in [5.41, 5.74) is 2.76. The van der Waals surface area contributed by atoms with Crippen molar-refractivity contribution in [2.24, 2.45) is 4.99 Å². The number of aliphatic imine (C=N–C) groups is 1. The van der Waals surface area contributed by atoms with Gasteiger partial charge in [0.1, 0.15) is 5.82 Å². The van der Waals surface area contributed by atoms with E-state index < -0.39 is 0 Å². The summed E-state index contributed by atoms with van der Waals surface area (Å²) < 4.78 is 21.4. The molecule has 9 heteroatoms. The minimum absolute atomic E-state index is 0.0419. The Morgan fingerprint density at radius 2 is 2.23 bits per heavy atom. The molecule has 160 valence electrons. The average molecular weight is 467 g/mol. The molecule has 2 fully saturated rings. The molecule has 30 heavy (non-hydrogen) atoms. The topological polar surface area (TPSA) is 49.8 Å². The zero-order valence-corrected chi connectivity index (χ0v) is 19.3. The number of aromatic nitrogens is 1. The van der Waals surface area contributed by atoms with Gasteiger partial charge in [0.2, 0.25) is 0 Å². The molecule has 5 rings (SSSR count). The number of methoxy groups -OCH3 is 1. The zero-order chi connectivity index (χ0) is 21.1. The summed E-state index contributed by atoms with van der Waals surface area (Å²) in [4.78, 5) is 11.7. The second-order valence-electron chi connectivity index (χ2n) is 7.37. The van der Waals surface area contributed by atoms with E-state index >= 15 is 0 Å². The van der Waals surface area contributed by atoms with Gasteiger partial charge in [0.15, 0.2) is 10.8 Å². The minimum Gasteiger partial charge on any atom is -0.374 e. The fourth-order valence-electron chi connectivity index (χ4n) is 3.94. The van der Waals surface area contributed by atoms with Crippen LogP contribution in [0.25, 0.3) is 0 Å². The third kappa shape index (κ3) is 4.57. The highest BCUT2D eigenvalue weighted by Crippen LogP contribution is 2.49. The number of halogens is 2. The first-order valence-corrected chi connectivity index (χ1v) is 12.2. The smallest absolute Gasteiger partial charge is 0.165 e. The molecular weight excluding hydrogens is 443 g/mol. The number of fused-ring (bicyclic) bond motifs is 1. The number of nitrogens with one attached hydrogen (secondary N) is 1. The lowest BCUT2D eigenvalue weighted by molar-refractivity contribution is 0.107. The molecule has 0 spiro atoms. The summed E-state index contributed by atoms with van der Waals surface area (Å²) in [6, 6.07) is 6.27. The van der Waals surface area contributed by atoms with Gasteiger partial charge in [-0.1, -0.05) is 29.6 Å². The van der Waals surface area contributed by atoms with Gasteiger partial charge in [-0.15, -0.1) is 11.3 Å². The summed E-state index contributed by atoms with van der Waals surface area (Å²) in [6.07, 6.45) is 7.23. The van der Waals surface area contributed by atoms with Gasteiger partial charge in [-0.25, -0.2) is 9.37 Å². The van der Waals surface area contributed by atoms with E-state index in [-0.39, 0.29) is 11.4 Å². The lowest BCUT2D eigenvalue weighted by Gasteiger charge is -2.30. The van der Waals surface area contributed by atoms with Crippen LogP contribution in [0.1, 0.15) is 24.3 Å². The quantitative estimate of drug-likeness (QED) is 0.644. The van der Waals surface area contributed by atoms with Gasteiger partial charge < -0.3 is 9.64 Å². The number of nitrogens with zero attached hydrogens (tertiary/aromatic N) is 3. The summed E-state index contributed by atoms with van der Waals surface area (Å²) in [6.45, 7) is 1.71. The second-order valence-corrected chi connectivity index (χ2v) is 9.35. The molecule has 1 aromatic heterocycles. The Bertz CT molecular complexity index is 929. The van der Waals surface area contributed by atoms with Crippen molar-refractivity contribution >= 4 is 40.7 Å². The highest BCUT2D eigenvalue weighted by atomic mass is 35.5. The molecule has 1 unspecified atom stereocenters. The number of amidine groups is 1. The highest BCUT2D eigenvalue weighted by molar-refractivity contribution is 7.96. The van der Waals surface area contributed by atoms with Crippen molar-refractivity contribution in [2.45, 2.75) is 30.9 Å². The first-order chi connectivity index (χ1) is 14.6. The lowest BCUT2D eigenvalue weighted by Crippen LogP contribution is -2.37. The second kappa shape index (κ2) is 9.36. The zero-order valence-electron chi connectivity index (χ0n) is 16.9. The molecule has 2 aromatic rings. The number of ether oxygens (including phenoxy) is 1. The van der Waals surface area contributed by atoms with Gasteiger partial charge in [0.05, 0.1) is 12.1 Å². The van der Waals surface area contributed by atoms with Gasteiger partial charge in [-0.2, -0.15) is 0 Å². The predicted octanol–water partition coefficient (Wildman–Crippen LogP) is 4.76. The van der Waals surface area contributed by atoms with E-state index in [9.17, 15) is 4.39 Å². The summed E-state index contributed by atoms with van der Waals surface area (Å²) in [5, 5.41) is 3.47. The molecule has 1 atom stereocenters. The maximum atomic E-state index is 12.1. The van der Waals surface area contributed by atoms with Crippen LogP contribution < -0.4 is 4.72 Å². The summed E-state index contributed by atoms with van der Waals surface area (Å²) in [5.74, 6) is 0.739. The molecule has 1 aliphatic carbocycles. The van der Waals surface area contributed by atoms with Crippen LogP contribution >= 0.6 is 34.9 Å². The predicted molar refractivity (Wildman–Crippen MR) is 123 cm³/mol. The van der Waals surface area contributed by atoms with E-state index in [2.05, 4.69) is 20.9 Å². The number of hydrogen-bond donors (Lipinski definition) is 1. The van der Waals surface area contributed by atoms with E-state index in [0.717, 1.165) is 43.2 Å². The van der Waals surface area contributed by atoms with Crippen LogP contribution in [0.3, 0.4) is 0 Å². The van der Waals surface area contributed by atoms with Crippen molar-refractivity contribution in [3.05, 3.63) is 63.0 Å². The van der Waals surface area contributed by atoms with E-state index in [0.29, 0.717) is 11.1 Å². The van der Waals surface area contributed by atoms with Crippen molar-refractivity contribution in [3.8, 4) is 0 Å². The van der Waals surface area contributed by atoms with Crippen LogP contribution in [0.5, 0.6) is 0 Å². The van der Waals surface area contributed by atoms with Crippen molar-refractivity contribution in [3.63, 3.8) is 0 Å². The van der Waals surface area contributed by atoms with Crippen molar-refractivity contribution in [1.29, 1.82) is 0 Å². The van der Waals surface area contributed by atoms with Crippen LogP contribution in [-0.2, 0) is 4.74 Å². The summed E-state index contributed by atoms with van der Waals surface area (Å²) >= 11 is 8.75. The molecule has 2 aliphatic heterocycles. The molecular formula is C21H24ClFN4OS2. The van der Waals surface area contributed by atoms with Crippen molar-refractivity contribution < 1.29 is 9.13 Å². The van der Waals surface area contributed by atoms with Crippen LogP contribution in [0.2, 0.25) is 5.02 Å². The fourth-order valence-corrected chi connectivity index (χ4v) is 5.26. The Morgan fingerprint density at radius 1 is 1.40 bits per heavy atom. The van der Waals surface area contributed by atoms with E-state index in [1.165, 1.54) is 23.4 Å². The van der Waals surface area contributed by atoms with Gasteiger partial charge >= 0.3 is 0 Å². The maximum Gasteiger partial charge on any atom is 0.165 e. The molecule has 1 N–H and O–H groups in total. The van der Waals surface area contributed by atoms with Gasteiger partial charge in [-0.3, -0.25) is 9.71 Å². The normalized spacial score (nSPS) is 21.7. The van der Waals surface area contributed by atoms with Crippen LogP contribution in [-0.4, -0.2) is 53.8 Å². The molecule has 1 aromatic carbocycles. The average Bonchev–Trinajstić information content (AvgIpc) is 3.12. The molecule has 5 nitrogen and oxygen atoms in total. The molecule has 1 saturated heterocycles. The molecule has 0 radical (unpaired) electrons. The molecule has 0 bridgehead atoms. The number of benzene rings is 1. The molecule has 3 heterocycles. The Balaban J connectivity index is 0.000000230. The number of rotatable bonds is 5. The van der Waals surface area contributed by atoms with Crippen molar-refractivity contribution in [1.82, 2.24) is 14.6 Å².